The molecule has 0 radical (unpaired) electrons. The van der Waals surface area contributed by atoms with Crippen LogP contribution in [0.15, 0.2) is 24.3 Å². The lowest BCUT2D eigenvalue weighted by atomic mass is 10.0. The summed E-state index contributed by atoms with van der Waals surface area (Å²) in [6.07, 6.45) is 0. The van der Waals surface area contributed by atoms with Crippen LogP contribution >= 0.6 is 11.8 Å². The number of nitrogens with two attached hydrogens (primary N) is 1. The molecule has 0 aliphatic carbocycles. The third-order valence-electron chi connectivity index (χ3n) is 2.80. The highest BCUT2D eigenvalue weighted by Gasteiger charge is 2.14. The van der Waals surface area contributed by atoms with Gasteiger partial charge in [-0.2, -0.15) is 11.8 Å². The minimum atomic E-state index is -0.528. The quantitative estimate of drug-likeness (QED) is 0.781. The van der Waals surface area contributed by atoms with Crippen LogP contribution in [-0.4, -0.2) is 24.4 Å². The van der Waals surface area contributed by atoms with Gasteiger partial charge < -0.3 is 10.5 Å². The largest absolute Gasteiger partial charge is 0.465 e. The highest BCUT2D eigenvalue weighted by molar-refractivity contribution is 7.98. The monoisotopic (exact) mass is 281 g/mol. The van der Waals surface area contributed by atoms with Crippen LogP contribution in [0.5, 0.6) is 0 Å². The molecule has 1 aromatic carbocycles. The van der Waals surface area contributed by atoms with Crippen LogP contribution in [0.2, 0.25) is 0 Å². The van der Waals surface area contributed by atoms with Crippen LogP contribution in [0.3, 0.4) is 0 Å². The molecule has 2 N–H and O–H groups in total. The molecule has 0 aromatic heterocycles. The molecule has 1 unspecified atom stereocenters. The topological polar surface area (TPSA) is 52.3 Å². The van der Waals surface area contributed by atoms with Crippen molar-refractivity contribution in [3.05, 3.63) is 35.4 Å². The van der Waals surface area contributed by atoms with Crippen molar-refractivity contribution in [2.24, 2.45) is 5.73 Å². The Labute approximate surface area is 119 Å². The van der Waals surface area contributed by atoms with Crippen LogP contribution in [-0.2, 0) is 15.3 Å². The molecule has 1 rings (SSSR count). The van der Waals surface area contributed by atoms with E-state index in [1.54, 1.807) is 18.7 Å². The van der Waals surface area contributed by atoms with Gasteiger partial charge >= 0.3 is 5.97 Å². The van der Waals surface area contributed by atoms with Crippen LogP contribution in [0.25, 0.3) is 0 Å². The number of rotatable bonds is 7. The minimum absolute atomic E-state index is 0.315. The van der Waals surface area contributed by atoms with E-state index in [0.29, 0.717) is 18.3 Å². The molecule has 106 valence electrons. The Hall–Kier alpha value is -1.00. The van der Waals surface area contributed by atoms with Crippen molar-refractivity contribution in [2.75, 3.05) is 12.4 Å². The summed E-state index contributed by atoms with van der Waals surface area (Å²) in [6.45, 7) is 6.53. The third-order valence-corrected chi connectivity index (χ3v) is 3.93. The van der Waals surface area contributed by atoms with Crippen molar-refractivity contribution >= 4 is 17.7 Å². The van der Waals surface area contributed by atoms with Crippen molar-refractivity contribution < 1.29 is 9.53 Å². The maximum Gasteiger partial charge on any atom is 0.323 e. The lowest BCUT2D eigenvalue weighted by Gasteiger charge is -2.10. The van der Waals surface area contributed by atoms with E-state index in [9.17, 15) is 4.79 Å². The maximum absolute atomic E-state index is 11.3. The Balaban J connectivity index is 2.35. The van der Waals surface area contributed by atoms with Gasteiger partial charge in [0.1, 0.15) is 6.04 Å². The summed E-state index contributed by atoms with van der Waals surface area (Å²) in [5, 5.41) is 0. The first kappa shape index (κ1) is 16.1. The van der Waals surface area contributed by atoms with E-state index in [-0.39, 0.29) is 5.97 Å². The number of ether oxygens (including phenoxy) is 1. The van der Waals surface area contributed by atoms with E-state index < -0.39 is 6.04 Å². The summed E-state index contributed by atoms with van der Waals surface area (Å²) in [5.74, 6) is 1.69. The number of esters is 1. The SMILES string of the molecule is CCOC(=O)C(N)CSCc1ccc(C(C)C)cc1. The van der Waals surface area contributed by atoms with Gasteiger partial charge in [-0.25, -0.2) is 0 Å². The van der Waals surface area contributed by atoms with Gasteiger partial charge in [-0.15, -0.1) is 0 Å². The Morgan fingerprint density at radius 2 is 1.95 bits per heavy atom. The Morgan fingerprint density at radius 3 is 2.47 bits per heavy atom. The van der Waals surface area contributed by atoms with Gasteiger partial charge in [-0.1, -0.05) is 38.1 Å². The molecule has 3 nitrogen and oxygen atoms in total. The lowest BCUT2D eigenvalue weighted by Crippen LogP contribution is -2.34. The zero-order chi connectivity index (χ0) is 14.3. The molecule has 0 spiro atoms. The third kappa shape index (κ3) is 5.66. The summed E-state index contributed by atoms with van der Waals surface area (Å²) >= 11 is 1.66. The Kier molecular flexibility index (Phi) is 6.95. The fourth-order valence-electron chi connectivity index (χ4n) is 1.62. The highest BCUT2D eigenvalue weighted by atomic mass is 32.2. The van der Waals surface area contributed by atoms with Gasteiger partial charge in [0.15, 0.2) is 0 Å². The second-order valence-electron chi connectivity index (χ2n) is 4.77. The first-order chi connectivity index (χ1) is 9.04. The molecule has 0 aliphatic rings. The van der Waals surface area contributed by atoms with Crippen molar-refractivity contribution in [1.82, 2.24) is 0 Å². The molecule has 0 bridgehead atoms. The molecule has 1 aromatic rings. The number of thioether (sulfide) groups is 1. The number of hydrogen-bond acceptors (Lipinski definition) is 4. The van der Waals surface area contributed by atoms with E-state index in [4.69, 9.17) is 10.5 Å². The van der Waals surface area contributed by atoms with Crippen LogP contribution in [0.4, 0.5) is 0 Å². The van der Waals surface area contributed by atoms with Crippen molar-refractivity contribution in [2.45, 2.75) is 38.5 Å². The molecular formula is C15H23NO2S. The van der Waals surface area contributed by atoms with Crippen LogP contribution in [0.1, 0.15) is 37.8 Å². The van der Waals surface area contributed by atoms with Crippen molar-refractivity contribution in [1.29, 1.82) is 0 Å². The summed E-state index contributed by atoms with van der Waals surface area (Å²) in [6, 6.07) is 8.06. The fourth-order valence-corrected chi connectivity index (χ4v) is 2.56. The summed E-state index contributed by atoms with van der Waals surface area (Å²) in [4.78, 5) is 11.3. The van der Waals surface area contributed by atoms with Gasteiger partial charge in [0.2, 0.25) is 0 Å². The Bertz CT molecular complexity index is 390. The molecule has 0 saturated heterocycles. The number of carbonyl (C=O) groups is 1. The van der Waals surface area contributed by atoms with E-state index in [1.807, 2.05) is 0 Å². The first-order valence-electron chi connectivity index (χ1n) is 6.63. The summed E-state index contributed by atoms with van der Waals surface area (Å²) in [7, 11) is 0. The minimum Gasteiger partial charge on any atom is -0.465 e. The molecule has 1 atom stereocenters. The number of benzene rings is 1. The van der Waals surface area contributed by atoms with Crippen molar-refractivity contribution in [3.63, 3.8) is 0 Å². The molecule has 4 heteroatoms. The summed E-state index contributed by atoms with van der Waals surface area (Å²) < 4.78 is 4.87. The summed E-state index contributed by atoms with van der Waals surface area (Å²) in [5.41, 5.74) is 8.34. The average molecular weight is 281 g/mol. The normalized spacial score (nSPS) is 12.5. The van der Waals surface area contributed by atoms with E-state index >= 15 is 0 Å². The van der Waals surface area contributed by atoms with E-state index in [0.717, 1.165) is 5.75 Å². The van der Waals surface area contributed by atoms with E-state index in [1.165, 1.54) is 11.1 Å². The first-order valence-corrected chi connectivity index (χ1v) is 7.78. The molecular weight excluding hydrogens is 258 g/mol. The highest BCUT2D eigenvalue weighted by Crippen LogP contribution is 2.18. The smallest absolute Gasteiger partial charge is 0.323 e. The predicted molar refractivity (Wildman–Crippen MR) is 81.3 cm³/mol. The zero-order valence-electron chi connectivity index (χ0n) is 11.9. The second kappa shape index (κ2) is 8.23. The van der Waals surface area contributed by atoms with Gasteiger partial charge in [-0.05, 0) is 24.0 Å². The van der Waals surface area contributed by atoms with Gasteiger partial charge in [0.05, 0.1) is 6.61 Å². The average Bonchev–Trinajstić information content (AvgIpc) is 2.39. The fraction of sp³-hybridized carbons (Fsp3) is 0.533. The maximum atomic E-state index is 11.3. The molecule has 0 aliphatic heterocycles. The predicted octanol–water partition coefficient (Wildman–Crippen LogP) is 2.93. The molecule has 0 heterocycles. The molecule has 19 heavy (non-hydrogen) atoms. The van der Waals surface area contributed by atoms with Crippen LogP contribution < -0.4 is 5.73 Å². The van der Waals surface area contributed by atoms with Gasteiger partial charge in [0.25, 0.3) is 0 Å². The number of carbonyl (C=O) groups excluding carboxylic acids is 1. The molecule has 0 saturated carbocycles. The van der Waals surface area contributed by atoms with Gasteiger partial charge in [-0.3, -0.25) is 4.79 Å². The molecule has 0 fully saturated rings. The number of hydrogen-bond donors (Lipinski definition) is 1. The van der Waals surface area contributed by atoms with Crippen molar-refractivity contribution in [3.8, 4) is 0 Å². The second-order valence-corrected chi connectivity index (χ2v) is 5.80. The Morgan fingerprint density at radius 1 is 1.32 bits per heavy atom. The van der Waals surface area contributed by atoms with Gasteiger partial charge in [0, 0.05) is 11.5 Å². The van der Waals surface area contributed by atoms with Crippen LogP contribution in [0, 0.1) is 0 Å². The standard InChI is InChI=1S/C15H23NO2S/c1-4-18-15(17)14(16)10-19-9-12-5-7-13(8-6-12)11(2)3/h5-8,11,14H,4,9-10,16H2,1-3H3. The lowest BCUT2D eigenvalue weighted by molar-refractivity contribution is -0.144. The molecule has 0 amide bonds. The zero-order valence-corrected chi connectivity index (χ0v) is 12.7. The van der Waals surface area contributed by atoms with E-state index in [2.05, 4.69) is 38.1 Å².